The van der Waals surface area contributed by atoms with Crippen molar-refractivity contribution in [3.63, 3.8) is 0 Å². The van der Waals surface area contributed by atoms with Crippen LogP contribution in [0.15, 0.2) is 47.0 Å². The predicted molar refractivity (Wildman–Crippen MR) is 78.3 cm³/mol. The summed E-state index contributed by atoms with van der Waals surface area (Å²) in [5, 5.41) is 6.39. The van der Waals surface area contributed by atoms with Crippen molar-refractivity contribution in [2.45, 2.75) is 0 Å². The Kier molecular flexibility index (Phi) is 2.55. The molecule has 0 N–H and O–H groups in total. The van der Waals surface area contributed by atoms with Crippen molar-refractivity contribution >= 4 is 32.3 Å². The fourth-order valence-corrected chi connectivity index (χ4v) is 3.03. The lowest BCUT2D eigenvalue weighted by Crippen LogP contribution is -2.22. The van der Waals surface area contributed by atoms with Crippen molar-refractivity contribution in [2.75, 3.05) is 0 Å². The average molecular weight is 298 g/mol. The molecule has 0 bridgehead atoms. The molecule has 4 aromatic rings. The number of aromatic nitrogens is 4. The summed E-state index contributed by atoms with van der Waals surface area (Å²) in [6.07, 6.45) is 2.72. The third kappa shape index (κ3) is 1.74. The maximum absolute atomic E-state index is 13.7. The molecular formula is C14H7FN4OS. The number of hydrogen-bond donors (Lipinski definition) is 0. The Bertz CT molecular complexity index is 1040. The van der Waals surface area contributed by atoms with E-state index in [1.54, 1.807) is 6.07 Å². The summed E-state index contributed by atoms with van der Waals surface area (Å²) in [6.45, 7) is 0. The van der Waals surface area contributed by atoms with Gasteiger partial charge >= 0.3 is 0 Å². The molecule has 102 valence electrons. The number of fused-ring (bicyclic) bond motifs is 2. The SMILES string of the molecule is O=c1c2cccc(F)c2cnn1-c1ncnc2ccsc12. The Morgan fingerprint density at radius 3 is 2.95 bits per heavy atom. The van der Waals surface area contributed by atoms with Crippen molar-refractivity contribution in [2.24, 2.45) is 0 Å². The molecule has 0 spiro atoms. The van der Waals surface area contributed by atoms with Gasteiger partial charge in [-0.25, -0.2) is 14.4 Å². The molecule has 0 fully saturated rings. The van der Waals surface area contributed by atoms with Crippen molar-refractivity contribution in [3.8, 4) is 5.82 Å². The minimum Gasteiger partial charge on any atom is -0.267 e. The van der Waals surface area contributed by atoms with Crippen LogP contribution in [0.4, 0.5) is 4.39 Å². The molecule has 0 unspecified atom stereocenters. The van der Waals surface area contributed by atoms with Gasteiger partial charge < -0.3 is 0 Å². The quantitative estimate of drug-likeness (QED) is 0.542. The molecule has 4 rings (SSSR count). The highest BCUT2D eigenvalue weighted by Gasteiger charge is 2.13. The van der Waals surface area contributed by atoms with E-state index in [1.807, 2.05) is 11.4 Å². The Labute approximate surface area is 121 Å². The second-order valence-corrected chi connectivity index (χ2v) is 5.31. The molecular weight excluding hydrogens is 291 g/mol. The van der Waals surface area contributed by atoms with Gasteiger partial charge in [0.2, 0.25) is 0 Å². The number of benzene rings is 1. The number of rotatable bonds is 1. The molecule has 0 amide bonds. The van der Waals surface area contributed by atoms with Gasteiger partial charge in [-0.15, -0.1) is 11.3 Å². The fourth-order valence-electron chi connectivity index (χ4n) is 2.21. The number of halogens is 1. The van der Waals surface area contributed by atoms with Gasteiger partial charge in [0.25, 0.3) is 5.56 Å². The van der Waals surface area contributed by atoms with Crippen molar-refractivity contribution in [1.29, 1.82) is 0 Å². The lowest BCUT2D eigenvalue weighted by atomic mass is 10.2. The molecule has 0 saturated carbocycles. The Balaban J connectivity index is 2.10. The summed E-state index contributed by atoms with van der Waals surface area (Å²) in [5.74, 6) is -0.0561. The molecule has 7 heteroatoms. The van der Waals surface area contributed by atoms with Crippen molar-refractivity contribution in [1.82, 2.24) is 19.7 Å². The summed E-state index contributed by atoms with van der Waals surface area (Å²) < 4.78 is 15.6. The molecule has 0 radical (unpaired) electrons. The highest BCUT2D eigenvalue weighted by Crippen LogP contribution is 2.23. The van der Waals surface area contributed by atoms with E-state index < -0.39 is 11.4 Å². The number of nitrogens with zero attached hydrogens (tertiary/aromatic N) is 4. The van der Waals surface area contributed by atoms with E-state index >= 15 is 0 Å². The molecule has 21 heavy (non-hydrogen) atoms. The van der Waals surface area contributed by atoms with E-state index in [9.17, 15) is 9.18 Å². The number of hydrogen-bond acceptors (Lipinski definition) is 5. The molecule has 3 heterocycles. The number of thiophene rings is 1. The first-order valence-electron chi connectivity index (χ1n) is 6.11. The first-order valence-corrected chi connectivity index (χ1v) is 6.99. The van der Waals surface area contributed by atoms with Gasteiger partial charge in [-0.2, -0.15) is 9.78 Å². The van der Waals surface area contributed by atoms with Crippen LogP contribution >= 0.6 is 11.3 Å². The lowest BCUT2D eigenvalue weighted by Gasteiger charge is -2.06. The van der Waals surface area contributed by atoms with Gasteiger partial charge in [0.15, 0.2) is 5.82 Å². The molecule has 0 aliphatic heterocycles. The second kappa shape index (κ2) is 4.42. The smallest absolute Gasteiger partial charge is 0.267 e. The summed E-state index contributed by atoms with van der Waals surface area (Å²) in [6, 6.07) is 6.22. The molecule has 0 aliphatic rings. The second-order valence-electron chi connectivity index (χ2n) is 4.39. The van der Waals surface area contributed by atoms with E-state index in [1.165, 1.54) is 40.7 Å². The van der Waals surface area contributed by atoms with Crippen LogP contribution in [-0.4, -0.2) is 19.7 Å². The first-order chi connectivity index (χ1) is 10.3. The van der Waals surface area contributed by atoms with Gasteiger partial charge in [-0.05, 0) is 23.6 Å². The Hall–Kier alpha value is -2.67. The van der Waals surface area contributed by atoms with Crippen LogP contribution in [0, 0.1) is 5.82 Å². The summed E-state index contributed by atoms with van der Waals surface area (Å²) in [4.78, 5) is 20.8. The molecule has 1 aromatic carbocycles. The fraction of sp³-hybridized carbons (Fsp3) is 0. The van der Waals surface area contributed by atoms with Crippen molar-refractivity contribution in [3.05, 3.63) is 58.3 Å². The summed E-state index contributed by atoms with van der Waals surface area (Å²) >= 11 is 1.43. The lowest BCUT2D eigenvalue weighted by molar-refractivity contribution is 0.638. The minimum atomic E-state index is -0.465. The van der Waals surface area contributed by atoms with Crippen LogP contribution in [0.25, 0.3) is 26.8 Å². The Morgan fingerprint density at radius 1 is 1.14 bits per heavy atom. The zero-order chi connectivity index (χ0) is 14.4. The van der Waals surface area contributed by atoms with Crippen LogP contribution < -0.4 is 5.56 Å². The topological polar surface area (TPSA) is 60.7 Å². The zero-order valence-corrected chi connectivity index (χ0v) is 11.3. The largest absolute Gasteiger partial charge is 0.280 e. The van der Waals surface area contributed by atoms with Crippen LogP contribution in [0.2, 0.25) is 0 Å². The van der Waals surface area contributed by atoms with Crippen LogP contribution in [-0.2, 0) is 0 Å². The van der Waals surface area contributed by atoms with E-state index in [0.29, 0.717) is 5.82 Å². The van der Waals surface area contributed by atoms with Gasteiger partial charge in [0.1, 0.15) is 12.1 Å². The predicted octanol–water partition coefficient (Wildman–Crippen LogP) is 2.53. The molecule has 5 nitrogen and oxygen atoms in total. The maximum Gasteiger partial charge on any atom is 0.280 e. The molecule has 3 aromatic heterocycles. The van der Waals surface area contributed by atoms with Crippen LogP contribution in [0.5, 0.6) is 0 Å². The maximum atomic E-state index is 13.7. The third-order valence-electron chi connectivity index (χ3n) is 3.20. The van der Waals surface area contributed by atoms with E-state index in [4.69, 9.17) is 0 Å². The average Bonchev–Trinajstić information content (AvgIpc) is 2.97. The minimum absolute atomic E-state index is 0.204. The van der Waals surface area contributed by atoms with Gasteiger partial charge in [-0.3, -0.25) is 4.79 Å². The highest BCUT2D eigenvalue weighted by molar-refractivity contribution is 7.17. The van der Waals surface area contributed by atoms with Gasteiger partial charge in [0.05, 0.1) is 21.8 Å². The highest BCUT2D eigenvalue weighted by atomic mass is 32.1. The zero-order valence-electron chi connectivity index (χ0n) is 10.5. The monoisotopic (exact) mass is 298 g/mol. The standard InChI is InChI=1S/C14H7FN4OS/c15-10-3-1-2-8-9(10)6-18-19(14(8)20)13-12-11(4-5-21-12)16-7-17-13/h1-7H. The van der Waals surface area contributed by atoms with Crippen molar-refractivity contribution < 1.29 is 4.39 Å². The molecule has 0 aliphatic carbocycles. The van der Waals surface area contributed by atoms with Gasteiger partial charge in [-0.1, -0.05) is 6.07 Å². The van der Waals surface area contributed by atoms with E-state index in [0.717, 1.165) is 10.2 Å². The van der Waals surface area contributed by atoms with E-state index in [-0.39, 0.29) is 10.8 Å². The van der Waals surface area contributed by atoms with E-state index in [2.05, 4.69) is 15.1 Å². The first kappa shape index (κ1) is 12.1. The Morgan fingerprint density at radius 2 is 2.05 bits per heavy atom. The normalized spacial score (nSPS) is 11.3. The summed E-state index contributed by atoms with van der Waals surface area (Å²) in [7, 11) is 0. The van der Waals surface area contributed by atoms with Gasteiger partial charge in [0, 0.05) is 5.39 Å². The molecule has 0 atom stereocenters. The molecule has 0 saturated heterocycles. The summed E-state index contributed by atoms with van der Waals surface area (Å²) in [5.41, 5.74) is 0.346. The third-order valence-corrected chi connectivity index (χ3v) is 4.10. The van der Waals surface area contributed by atoms with Crippen LogP contribution in [0.3, 0.4) is 0 Å². The van der Waals surface area contributed by atoms with Crippen LogP contribution in [0.1, 0.15) is 0 Å².